The van der Waals surface area contributed by atoms with E-state index in [1.807, 2.05) is 19.0 Å². The van der Waals surface area contributed by atoms with Crippen molar-refractivity contribution in [2.24, 2.45) is 0 Å². The Kier molecular flexibility index (Phi) is 4.79. The highest BCUT2D eigenvalue weighted by Crippen LogP contribution is 2.22. The van der Waals surface area contributed by atoms with Crippen molar-refractivity contribution < 1.29 is 9.72 Å². The van der Waals surface area contributed by atoms with Gasteiger partial charge in [-0.15, -0.1) is 0 Å². The minimum absolute atomic E-state index is 0.110. The second-order valence-electron chi connectivity index (χ2n) is 4.29. The Morgan fingerprint density at radius 1 is 1.44 bits per heavy atom. The van der Waals surface area contributed by atoms with Crippen LogP contribution in [0.5, 0.6) is 0 Å². The van der Waals surface area contributed by atoms with Crippen molar-refractivity contribution in [2.75, 3.05) is 27.2 Å². The average molecular weight is 251 g/mol. The highest BCUT2D eigenvalue weighted by Gasteiger charge is 2.21. The number of amides is 1. The molecule has 0 bridgehead atoms. The highest BCUT2D eigenvalue weighted by molar-refractivity contribution is 5.98. The fourth-order valence-corrected chi connectivity index (χ4v) is 1.57. The van der Waals surface area contributed by atoms with Crippen LogP contribution in [0.2, 0.25) is 0 Å². The van der Waals surface area contributed by atoms with Crippen molar-refractivity contribution in [3.8, 4) is 0 Å². The molecule has 98 valence electrons. The smallest absolute Gasteiger partial charge is 0.285 e. The van der Waals surface area contributed by atoms with Gasteiger partial charge < -0.3 is 10.2 Å². The van der Waals surface area contributed by atoms with Gasteiger partial charge in [-0.1, -0.05) is 12.1 Å². The second-order valence-corrected chi connectivity index (χ2v) is 4.29. The lowest BCUT2D eigenvalue weighted by molar-refractivity contribution is -0.385. The molecule has 0 aromatic heterocycles. The number of benzene rings is 1. The molecule has 0 saturated heterocycles. The topological polar surface area (TPSA) is 75.5 Å². The van der Waals surface area contributed by atoms with Crippen molar-refractivity contribution in [1.29, 1.82) is 0 Å². The lowest BCUT2D eigenvalue weighted by Gasteiger charge is -2.10. The minimum atomic E-state index is -0.518. The van der Waals surface area contributed by atoms with Crippen LogP contribution in [0.1, 0.15) is 15.9 Å². The Bertz CT molecular complexity index is 458. The summed E-state index contributed by atoms with van der Waals surface area (Å²) >= 11 is 0. The predicted molar refractivity (Wildman–Crippen MR) is 68.7 cm³/mol. The number of likely N-dealkylation sites (N-methyl/N-ethyl adjacent to an activating group) is 1. The first kappa shape index (κ1) is 14.1. The van der Waals surface area contributed by atoms with Gasteiger partial charge in [0, 0.05) is 18.7 Å². The van der Waals surface area contributed by atoms with Crippen molar-refractivity contribution in [3.05, 3.63) is 39.4 Å². The van der Waals surface area contributed by atoms with Crippen LogP contribution in [0.3, 0.4) is 0 Å². The number of hydrogen-bond acceptors (Lipinski definition) is 4. The molecule has 1 rings (SSSR count). The summed E-state index contributed by atoms with van der Waals surface area (Å²) in [4.78, 5) is 24.2. The maximum absolute atomic E-state index is 11.9. The van der Waals surface area contributed by atoms with Crippen LogP contribution in [0.4, 0.5) is 5.69 Å². The zero-order chi connectivity index (χ0) is 13.7. The first-order chi connectivity index (χ1) is 8.43. The summed E-state index contributed by atoms with van der Waals surface area (Å²) in [6.45, 7) is 2.76. The molecule has 0 aliphatic heterocycles. The quantitative estimate of drug-likeness (QED) is 0.630. The molecule has 1 N–H and O–H groups in total. The van der Waals surface area contributed by atoms with Crippen LogP contribution in [0.25, 0.3) is 0 Å². The van der Waals surface area contributed by atoms with Crippen LogP contribution in [0, 0.1) is 17.0 Å². The van der Waals surface area contributed by atoms with Crippen molar-refractivity contribution in [3.63, 3.8) is 0 Å². The minimum Gasteiger partial charge on any atom is -0.351 e. The lowest BCUT2D eigenvalue weighted by atomic mass is 10.1. The fraction of sp³-hybridized carbons (Fsp3) is 0.417. The third-order valence-corrected chi connectivity index (χ3v) is 2.51. The van der Waals surface area contributed by atoms with Crippen LogP contribution in [-0.2, 0) is 0 Å². The summed E-state index contributed by atoms with van der Waals surface area (Å²) in [6, 6.07) is 4.73. The lowest BCUT2D eigenvalue weighted by Crippen LogP contribution is -2.31. The zero-order valence-corrected chi connectivity index (χ0v) is 10.8. The molecule has 6 heteroatoms. The van der Waals surface area contributed by atoms with Crippen LogP contribution in [-0.4, -0.2) is 42.9 Å². The number of rotatable bonds is 5. The highest BCUT2D eigenvalue weighted by atomic mass is 16.6. The molecule has 0 radical (unpaired) electrons. The molecule has 6 nitrogen and oxygen atoms in total. The summed E-state index contributed by atoms with van der Waals surface area (Å²) in [6.07, 6.45) is 0. The monoisotopic (exact) mass is 251 g/mol. The van der Waals surface area contributed by atoms with Gasteiger partial charge in [-0.2, -0.15) is 0 Å². The molecule has 0 fully saturated rings. The Morgan fingerprint density at radius 2 is 2.11 bits per heavy atom. The standard InChI is InChI=1S/C12H17N3O3/c1-9-5-4-6-10(11(9)15(17)18)12(16)13-7-8-14(2)3/h4-6H,7-8H2,1-3H3,(H,13,16). The third-order valence-electron chi connectivity index (χ3n) is 2.51. The van der Waals surface area contributed by atoms with E-state index < -0.39 is 10.8 Å². The SMILES string of the molecule is Cc1cccc(C(=O)NCCN(C)C)c1[N+](=O)[O-]. The number of carbonyl (C=O) groups excluding carboxylic acids is 1. The van der Waals surface area contributed by atoms with Crippen LogP contribution >= 0.6 is 0 Å². The summed E-state index contributed by atoms with van der Waals surface area (Å²) in [5, 5.41) is 13.6. The number of nitrogens with one attached hydrogen (secondary N) is 1. The number of aryl methyl sites for hydroxylation is 1. The van der Waals surface area contributed by atoms with Gasteiger partial charge >= 0.3 is 0 Å². The molecule has 18 heavy (non-hydrogen) atoms. The average Bonchev–Trinajstić information content (AvgIpc) is 2.27. The van der Waals surface area contributed by atoms with E-state index in [9.17, 15) is 14.9 Å². The Morgan fingerprint density at radius 3 is 2.67 bits per heavy atom. The molecule has 1 amide bonds. The summed E-state index contributed by atoms with van der Waals surface area (Å²) in [5.74, 6) is -0.410. The Balaban J connectivity index is 2.86. The maximum atomic E-state index is 11.9. The van der Waals surface area contributed by atoms with Gasteiger partial charge in [0.2, 0.25) is 0 Å². The number of hydrogen-bond donors (Lipinski definition) is 1. The molecule has 0 unspecified atom stereocenters. The summed E-state index contributed by atoms with van der Waals surface area (Å²) in [5.41, 5.74) is 0.471. The zero-order valence-electron chi connectivity index (χ0n) is 10.8. The normalized spacial score (nSPS) is 10.4. The van der Waals surface area contributed by atoms with E-state index in [0.717, 1.165) is 0 Å². The molecule has 0 spiro atoms. The number of nitrogens with zero attached hydrogens (tertiary/aromatic N) is 2. The number of nitro groups is 1. The molecule has 0 saturated carbocycles. The Hall–Kier alpha value is -1.95. The third kappa shape index (κ3) is 3.53. The molecular weight excluding hydrogens is 234 g/mol. The van der Waals surface area contributed by atoms with Crippen molar-refractivity contribution in [1.82, 2.24) is 10.2 Å². The molecular formula is C12H17N3O3. The molecule has 0 aliphatic carbocycles. The van der Waals surface area contributed by atoms with Crippen molar-refractivity contribution >= 4 is 11.6 Å². The van der Waals surface area contributed by atoms with E-state index in [0.29, 0.717) is 18.7 Å². The second kappa shape index (κ2) is 6.11. The maximum Gasteiger partial charge on any atom is 0.285 e. The molecule has 0 atom stereocenters. The van der Waals surface area contributed by atoms with E-state index >= 15 is 0 Å². The number of para-hydroxylation sites is 1. The Labute approximate surface area is 106 Å². The largest absolute Gasteiger partial charge is 0.351 e. The van der Waals surface area contributed by atoms with Gasteiger partial charge in [0.25, 0.3) is 11.6 Å². The van der Waals surface area contributed by atoms with Gasteiger partial charge in [0.1, 0.15) is 5.56 Å². The fourth-order valence-electron chi connectivity index (χ4n) is 1.57. The van der Waals surface area contributed by atoms with Gasteiger partial charge in [-0.25, -0.2) is 0 Å². The molecule has 0 aliphatic rings. The van der Waals surface area contributed by atoms with E-state index in [2.05, 4.69) is 5.32 Å². The first-order valence-electron chi connectivity index (χ1n) is 5.60. The van der Waals surface area contributed by atoms with Crippen molar-refractivity contribution in [2.45, 2.75) is 6.92 Å². The van der Waals surface area contributed by atoms with E-state index in [1.165, 1.54) is 6.07 Å². The van der Waals surface area contributed by atoms with Gasteiger partial charge in [0.15, 0.2) is 0 Å². The number of nitro benzene ring substituents is 1. The molecule has 1 aromatic carbocycles. The van der Waals surface area contributed by atoms with E-state index in [-0.39, 0.29) is 11.3 Å². The van der Waals surface area contributed by atoms with Gasteiger partial charge in [0.05, 0.1) is 4.92 Å². The predicted octanol–water partition coefficient (Wildman–Crippen LogP) is 1.19. The summed E-state index contributed by atoms with van der Waals surface area (Å²) in [7, 11) is 3.78. The van der Waals surface area contributed by atoms with Gasteiger partial charge in [-0.3, -0.25) is 14.9 Å². The summed E-state index contributed by atoms with van der Waals surface area (Å²) < 4.78 is 0. The van der Waals surface area contributed by atoms with E-state index in [1.54, 1.807) is 19.1 Å². The molecule has 1 aromatic rings. The molecule has 0 heterocycles. The van der Waals surface area contributed by atoms with Crippen LogP contribution in [0.15, 0.2) is 18.2 Å². The van der Waals surface area contributed by atoms with Crippen LogP contribution < -0.4 is 5.32 Å². The van der Waals surface area contributed by atoms with Gasteiger partial charge in [-0.05, 0) is 27.1 Å². The number of carbonyl (C=O) groups is 1. The first-order valence-corrected chi connectivity index (χ1v) is 5.60. The van der Waals surface area contributed by atoms with E-state index in [4.69, 9.17) is 0 Å².